The van der Waals surface area contributed by atoms with Gasteiger partial charge in [-0.1, -0.05) is 48.9 Å². The van der Waals surface area contributed by atoms with Crippen LogP contribution in [0.15, 0.2) is 41.5 Å². The number of anilines is 1. The lowest BCUT2D eigenvalue weighted by molar-refractivity contribution is 0.800. The number of aromatic amines is 1. The van der Waals surface area contributed by atoms with E-state index in [0.29, 0.717) is 18.3 Å². The molecule has 0 spiro atoms. The van der Waals surface area contributed by atoms with Crippen LogP contribution in [-0.4, -0.2) is 16.5 Å². The zero-order valence-electron chi connectivity index (χ0n) is 9.98. The zero-order valence-corrected chi connectivity index (χ0v) is 10.7. The monoisotopic (exact) mass is 263 g/mol. The number of nitrogens with one attached hydrogen (secondary N) is 2. The van der Waals surface area contributed by atoms with E-state index in [9.17, 15) is 4.79 Å². The fourth-order valence-corrected chi connectivity index (χ4v) is 1.83. The fraction of sp³-hybridized carbons (Fsp3) is 0.231. The number of halogens is 1. The number of hydrogen-bond acceptors (Lipinski definition) is 3. The molecule has 0 radical (unpaired) electrons. The van der Waals surface area contributed by atoms with Crippen LogP contribution in [0.25, 0.3) is 0 Å². The molecule has 0 amide bonds. The Morgan fingerprint density at radius 3 is 2.83 bits per heavy atom. The molecule has 0 saturated heterocycles. The van der Waals surface area contributed by atoms with Gasteiger partial charge in [0.2, 0.25) is 0 Å². The van der Waals surface area contributed by atoms with Crippen molar-refractivity contribution in [1.82, 2.24) is 9.97 Å². The summed E-state index contributed by atoms with van der Waals surface area (Å²) >= 11 is 5.85. The van der Waals surface area contributed by atoms with E-state index in [1.54, 1.807) is 0 Å². The summed E-state index contributed by atoms with van der Waals surface area (Å²) in [5.74, 6) is 0.728. The Morgan fingerprint density at radius 2 is 2.11 bits per heavy atom. The molecule has 1 atom stereocenters. The van der Waals surface area contributed by atoms with Gasteiger partial charge in [0.25, 0.3) is 5.56 Å². The highest BCUT2D eigenvalue weighted by Crippen LogP contribution is 2.17. The maximum absolute atomic E-state index is 11.3. The molecule has 2 N–H and O–H groups in total. The van der Waals surface area contributed by atoms with Gasteiger partial charge >= 0.3 is 0 Å². The fourth-order valence-electron chi connectivity index (χ4n) is 1.66. The summed E-state index contributed by atoms with van der Waals surface area (Å²) in [5, 5.41) is 3.18. The Bertz CT molecular complexity index is 568. The van der Waals surface area contributed by atoms with E-state index in [1.807, 2.05) is 18.2 Å². The van der Waals surface area contributed by atoms with E-state index < -0.39 is 0 Å². The van der Waals surface area contributed by atoms with E-state index in [-0.39, 0.29) is 10.6 Å². The first kappa shape index (κ1) is 12.6. The molecular formula is C13H14ClN3O. The molecule has 0 fully saturated rings. The van der Waals surface area contributed by atoms with Crippen molar-refractivity contribution in [2.24, 2.45) is 0 Å². The van der Waals surface area contributed by atoms with Crippen molar-refractivity contribution < 1.29 is 0 Å². The van der Waals surface area contributed by atoms with Gasteiger partial charge in [0.15, 0.2) is 5.82 Å². The molecule has 0 aliphatic rings. The van der Waals surface area contributed by atoms with Crippen molar-refractivity contribution in [2.45, 2.75) is 12.8 Å². The van der Waals surface area contributed by atoms with Crippen LogP contribution < -0.4 is 10.9 Å². The molecule has 4 nitrogen and oxygen atoms in total. The molecule has 2 rings (SSSR count). The molecule has 1 aromatic heterocycles. The highest BCUT2D eigenvalue weighted by atomic mass is 35.5. The SMILES string of the molecule is CC(CNc1nc[nH]c(=O)c1Cl)c1ccccc1. The molecule has 94 valence electrons. The minimum absolute atomic E-state index is 0.0951. The Hall–Kier alpha value is -1.81. The molecule has 0 aliphatic heterocycles. The van der Waals surface area contributed by atoms with Gasteiger partial charge < -0.3 is 10.3 Å². The average molecular weight is 264 g/mol. The minimum atomic E-state index is -0.332. The van der Waals surface area contributed by atoms with Crippen LogP contribution in [0, 0.1) is 0 Å². The Morgan fingerprint density at radius 1 is 1.39 bits per heavy atom. The number of rotatable bonds is 4. The summed E-state index contributed by atoms with van der Waals surface area (Å²) < 4.78 is 0. The largest absolute Gasteiger partial charge is 0.368 e. The van der Waals surface area contributed by atoms with Crippen molar-refractivity contribution in [3.8, 4) is 0 Å². The van der Waals surface area contributed by atoms with Gasteiger partial charge in [0, 0.05) is 6.54 Å². The lowest BCUT2D eigenvalue weighted by atomic mass is 10.0. The maximum Gasteiger partial charge on any atom is 0.271 e. The third-order valence-corrected chi connectivity index (χ3v) is 3.09. The Kier molecular flexibility index (Phi) is 3.99. The quantitative estimate of drug-likeness (QED) is 0.892. The molecule has 18 heavy (non-hydrogen) atoms. The van der Waals surface area contributed by atoms with Crippen molar-refractivity contribution in [1.29, 1.82) is 0 Å². The first-order valence-electron chi connectivity index (χ1n) is 5.70. The van der Waals surface area contributed by atoms with Crippen LogP contribution >= 0.6 is 11.6 Å². The van der Waals surface area contributed by atoms with Gasteiger partial charge in [-0.3, -0.25) is 4.79 Å². The molecule has 5 heteroatoms. The lowest BCUT2D eigenvalue weighted by Gasteiger charge is -2.13. The van der Waals surface area contributed by atoms with Crippen LogP contribution in [0.3, 0.4) is 0 Å². The number of nitrogens with zero attached hydrogens (tertiary/aromatic N) is 1. The summed E-state index contributed by atoms with van der Waals surface area (Å²) in [6.07, 6.45) is 1.34. The first-order valence-corrected chi connectivity index (χ1v) is 6.08. The van der Waals surface area contributed by atoms with Crippen LogP contribution in [0.1, 0.15) is 18.4 Å². The lowest BCUT2D eigenvalue weighted by Crippen LogP contribution is -2.15. The van der Waals surface area contributed by atoms with Crippen molar-refractivity contribution in [2.75, 3.05) is 11.9 Å². The normalized spacial score (nSPS) is 12.1. The van der Waals surface area contributed by atoms with Gasteiger partial charge in [-0.05, 0) is 11.5 Å². The standard InChI is InChI=1S/C13H14ClN3O/c1-9(10-5-3-2-4-6-10)7-15-12-11(14)13(18)17-8-16-12/h2-6,8-9H,7H2,1H3,(H2,15,16,17,18). The first-order chi connectivity index (χ1) is 8.68. The highest BCUT2D eigenvalue weighted by Gasteiger charge is 2.08. The highest BCUT2D eigenvalue weighted by molar-refractivity contribution is 6.32. The predicted molar refractivity (Wildman–Crippen MR) is 73.2 cm³/mol. The molecule has 0 aliphatic carbocycles. The van der Waals surface area contributed by atoms with Gasteiger partial charge in [-0.2, -0.15) is 0 Å². The minimum Gasteiger partial charge on any atom is -0.368 e. The zero-order chi connectivity index (χ0) is 13.0. The summed E-state index contributed by atoms with van der Waals surface area (Å²) in [7, 11) is 0. The number of H-pyrrole nitrogens is 1. The Labute approximate surface area is 110 Å². The molecule has 1 unspecified atom stereocenters. The van der Waals surface area contributed by atoms with Crippen LogP contribution in [-0.2, 0) is 0 Å². The van der Waals surface area contributed by atoms with Crippen molar-refractivity contribution in [3.05, 3.63) is 57.6 Å². The van der Waals surface area contributed by atoms with Gasteiger partial charge in [0.1, 0.15) is 5.02 Å². The summed E-state index contributed by atoms with van der Waals surface area (Å²) in [5.41, 5.74) is 0.896. The molecule has 2 aromatic rings. The third-order valence-electron chi connectivity index (χ3n) is 2.74. The molecule has 0 bridgehead atoms. The smallest absolute Gasteiger partial charge is 0.271 e. The molecule has 1 heterocycles. The second-order valence-corrected chi connectivity index (χ2v) is 4.46. The van der Waals surface area contributed by atoms with Crippen LogP contribution in [0.4, 0.5) is 5.82 Å². The predicted octanol–water partition coefficient (Wildman–Crippen LogP) is 2.64. The summed E-state index contributed by atoms with van der Waals surface area (Å²) in [6.45, 7) is 2.77. The van der Waals surface area contributed by atoms with Gasteiger partial charge in [-0.15, -0.1) is 0 Å². The topological polar surface area (TPSA) is 57.8 Å². The molecular weight excluding hydrogens is 250 g/mol. The average Bonchev–Trinajstić information content (AvgIpc) is 2.41. The number of aromatic nitrogens is 2. The summed E-state index contributed by atoms with van der Waals surface area (Å²) in [4.78, 5) is 17.7. The van der Waals surface area contributed by atoms with E-state index in [0.717, 1.165) is 0 Å². The maximum atomic E-state index is 11.3. The van der Waals surface area contributed by atoms with Crippen molar-refractivity contribution in [3.63, 3.8) is 0 Å². The second-order valence-electron chi connectivity index (χ2n) is 4.09. The molecule has 0 saturated carbocycles. The van der Waals surface area contributed by atoms with Gasteiger partial charge in [-0.25, -0.2) is 4.98 Å². The van der Waals surface area contributed by atoms with Crippen LogP contribution in [0.5, 0.6) is 0 Å². The van der Waals surface area contributed by atoms with E-state index in [2.05, 4.69) is 34.3 Å². The van der Waals surface area contributed by atoms with Crippen LogP contribution in [0.2, 0.25) is 5.02 Å². The van der Waals surface area contributed by atoms with Crippen molar-refractivity contribution >= 4 is 17.4 Å². The van der Waals surface area contributed by atoms with E-state index in [4.69, 9.17) is 11.6 Å². The number of hydrogen-bond donors (Lipinski definition) is 2. The van der Waals surface area contributed by atoms with E-state index >= 15 is 0 Å². The Balaban J connectivity index is 2.04. The van der Waals surface area contributed by atoms with Gasteiger partial charge in [0.05, 0.1) is 6.33 Å². The third kappa shape index (κ3) is 2.90. The summed E-state index contributed by atoms with van der Waals surface area (Å²) in [6, 6.07) is 10.1. The molecule has 1 aromatic carbocycles. The second kappa shape index (κ2) is 5.69. The van der Waals surface area contributed by atoms with E-state index in [1.165, 1.54) is 11.9 Å². The number of benzene rings is 1.